The lowest BCUT2D eigenvalue weighted by Crippen LogP contribution is -1.77. The van der Waals surface area contributed by atoms with Gasteiger partial charge in [-0.1, -0.05) is 27.2 Å². The maximum absolute atomic E-state index is 3.69. The third-order valence-electron chi connectivity index (χ3n) is 0.577. The normalized spacial score (nSPS) is 8.00. The maximum atomic E-state index is 3.69. The zero-order valence-corrected chi connectivity index (χ0v) is 5.22. The van der Waals surface area contributed by atoms with Crippen molar-refractivity contribution in [1.82, 2.24) is 0 Å². The first-order valence-corrected chi connectivity index (χ1v) is 2.06. The minimum atomic E-state index is 0. The molecule has 0 aliphatic heterocycles. The molecule has 0 atom stereocenters. The summed E-state index contributed by atoms with van der Waals surface area (Å²) in [6.45, 7) is 8.00. The molecule has 0 aromatic rings. The summed E-state index contributed by atoms with van der Waals surface area (Å²) in [4.78, 5) is 0. The first-order chi connectivity index (χ1) is 2.27. The first-order valence-electron chi connectivity index (χ1n) is 2.06. The molecule has 0 aliphatic rings. The van der Waals surface area contributed by atoms with Crippen molar-refractivity contribution in [2.45, 2.75) is 20.3 Å². The summed E-state index contributed by atoms with van der Waals surface area (Å²) in [7, 11) is 0. The van der Waals surface area contributed by atoms with E-state index in [1.165, 1.54) is 0 Å². The van der Waals surface area contributed by atoms with Crippen molar-refractivity contribution in [2.75, 3.05) is 0 Å². The van der Waals surface area contributed by atoms with Gasteiger partial charge in [-0.25, -0.2) is 0 Å². The van der Waals surface area contributed by atoms with Crippen molar-refractivity contribution in [3.63, 3.8) is 0 Å². The third-order valence-corrected chi connectivity index (χ3v) is 0.577. The second kappa shape index (κ2) is 5.29. The Labute approximate surface area is 46.4 Å². The highest BCUT2D eigenvalue weighted by Gasteiger charge is 1.80. The highest BCUT2D eigenvalue weighted by atomic mass is 35.5. The van der Waals surface area contributed by atoms with Crippen LogP contribution in [-0.4, -0.2) is 0 Å². The van der Waals surface area contributed by atoms with Gasteiger partial charge in [0.2, 0.25) is 0 Å². The lowest BCUT2D eigenvalue weighted by atomic mass is 10.2. The zero-order valence-electron chi connectivity index (χ0n) is 4.40. The molecule has 0 fully saturated rings. The van der Waals surface area contributed by atoms with Gasteiger partial charge < -0.3 is 0 Å². The Hall–Kier alpha value is 0.290. The fourth-order valence-electron chi connectivity index (χ4n) is 0. The molecule has 0 saturated heterocycles. The summed E-state index contributed by atoms with van der Waals surface area (Å²) < 4.78 is 0. The summed E-state index contributed by atoms with van der Waals surface area (Å²) in [6, 6.07) is 0. The first kappa shape index (κ1) is 9.56. The SMILES string of the molecule is Cl.[CH2]CC(C)C. The van der Waals surface area contributed by atoms with Crippen LogP contribution in [0.2, 0.25) is 0 Å². The molecule has 0 N–H and O–H groups in total. The molecule has 0 aromatic heterocycles. The number of rotatable bonds is 1. The smallest absolute Gasteiger partial charge is 0.0471 e. The predicted molar refractivity (Wildman–Crippen MR) is 32.1 cm³/mol. The average Bonchev–Trinajstić information content (AvgIpc) is 1.38. The van der Waals surface area contributed by atoms with Crippen molar-refractivity contribution in [3.05, 3.63) is 6.92 Å². The van der Waals surface area contributed by atoms with Gasteiger partial charge in [0.1, 0.15) is 0 Å². The number of hydrogen-bond acceptors (Lipinski definition) is 0. The van der Waals surface area contributed by atoms with Gasteiger partial charge in [-0.2, -0.15) is 0 Å². The van der Waals surface area contributed by atoms with E-state index in [1.807, 2.05) is 0 Å². The maximum Gasteiger partial charge on any atom is -0.0471 e. The molecule has 1 heteroatoms. The Kier molecular flexibility index (Phi) is 8.43. The molecule has 39 valence electrons. The highest BCUT2D eigenvalue weighted by Crippen LogP contribution is 1.93. The van der Waals surface area contributed by atoms with Crippen LogP contribution >= 0.6 is 12.4 Å². The van der Waals surface area contributed by atoms with E-state index >= 15 is 0 Å². The van der Waals surface area contributed by atoms with Crippen LogP contribution in [-0.2, 0) is 0 Å². The molecule has 0 aliphatic carbocycles. The molecule has 6 heavy (non-hydrogen) atoms. The minimum Gasteiger partial charge on any atom is -0.147 e. The molecular weight excluding hydrogens is 95.5 g/mol. The summed E-state index contributed by atoms with van der Waals surface area (Å²) >= 11 is 0. The van der Waals surface area contributed by atoms with Gasteiger partial charge in [-0.15, -0.1) is 12.4 Å². The van der Waals surface area contributed by atoms with Gasteiger partial charge in [0, 0.05) is 0 Å². The molecule has 0 spiro atoms. The largest absolute Gasteiger partial charge is 0.147 e. The van der Waals surface area contributed by atoms with E-state index in [4.69, 9.17) is 0 Å². The second-order valence-corrected chi connectivity index (χ2v) is 1.68. The van der Waals surface area contributed by atoms with Crippen molar-refractivity contribution < 1.29 is 0 Å². The fraction of sp³-hybridized carbons (Fsp3) is 0.800. The quantitative estimate of drug-likeness (QED) is 0.482. The standard InChI is InChI=1S/C5H11.ClH/c1-4-5(2)3;/h5H,1,4H2,2-3H3;1H. The summed E-state index contributed by atoms with van der Waals surface area (Å²) in [6.07, 6.45) is 1.06. The third kappa shape index (κ3) is 8.85. The zero-order chi connectivity index (χ0) is 4.28. The molecule has 0 bridgehead atoms. The van der Waals surface area contributed by atoms with E-state index in [0.717, 1.165) is 12.3 Å². The average molecular weight is 108 g/mol. The van der Waals surface area contributed by atoms with Crippen LogP contribution in [0.15, 0.2) is 0 Å². The monoisotopic (exact) mass is 107 g/mol. The van der Waals surface area contributed by atoms with Crippen molar-refractivity contribution in [2.24, 2.45) is 5.92 Å². The van der Waals surface area contributed by atoms with Gasteiger partial charge in [0.15, 0.2) is 0 Å². The second-order valence-electron chi connectivity index (χ2n) is 1.68. The Morgan fingerprint density at radius 2 is 1.67 bits per heavy atom. The Morgan fingerprint density at radius 3 is 1.67 bits per heavy atom. The molecule has 0 nitrogen and oxygen atoms in total. The van der Waals surface area contributed by atoms with E-state index < -0.39 is 0 Å². The Bertz CT molecular complexity index is 17.9. The van der Waals surface area contributed by atoms with Crippen LogP contribution in [0.4, 0.5) is 0 Å². The highest BCUT2D eigenvalue weighted by molar-refractivity contribution is 5.85. The molecular formula is C5H12Cl. The van der Waals surface area contributed by atoms with Crippen LogP contribution < -0.4 is 0 Å². The Morgan fingerprint density at radius 1 is 1.50 bits per heavy atom. The Balaban J connectivity index is 0. The summed E-state index contributed by atoms with van der Waals surface area (Å²) in [5.41, 5.74) is 0. The molecule has 0 heterocycles. The molecule has 0 amide bonds. The molecule has 1 radical (unpaired) electrons. The van der Waals surface area contributed by atoms with Crippen LogP contribution in [0.5, 0.6) is 0 Å². The van der Waals surface area contributed by atoms with Gasteiger partial charge >= 0.3 is 0 Å². The van der Waals surface area contributed by atoms with Gasteiger partial charge in [0.05, 0.1) is 0 Å². The van der Waals surface area contributed by atoms with E-state index in [2.05, 4.69) is 20.8 Å². The minimum absolute atomic E-state index is 0. The van der Waals surface area contributed by atoms with Gasteiger partial charge in [0.25, 0.3) is 0 Å². The molecule has 0 aromatic carbocycles. The lowest BCUT2D eigenvalue weighted by Gasteiger charge is -1.90. The van der Waals surface area contributed by atoms with Gasteiger partial charge in [-0.3, -0.25) is 0 Å². The topological polar surface area (TPSA) is 0 Å². The van der Waals surface area contributed by atoms with Crippen molar-refractivity contribution in [3.8, 4) is 0 Å². The van der Waals surface area contributed by atoms with Crippen LogP contribution in [0.3, 0.4) is 0 Å². The molecule has 0 saturated carbocycles. The van der Waals surface area contributed by atoms with Crippen molar-refractivity contribution in [1.29, 1.82) is 0 Å². The number of hydrogen-bond donors (Lipinski definition) is 0. The fourth-order valence-corrected chi connectivity index (χ4v) is 0. The lowest BCUT2D eigenvalue weighted by molar-refractivity contribution is 0.661. The van der Waals surface area contributed by atoms with E-state index in [9.17, 15) is 0 Å². The van der Waals surface area contributed by atoms with Crippen LogP contribution in [0.25, 0.3) is 0 Å². The number of halogens is 1. The van der Waals surface area contributed by atoms with E-state index in [1.54, 1.807) is 0 Å². The predicted octanol–water partition coefficient (Wildman–Crippen LogP) is 2.29. The van der Waals surface area contributed by atoms with E-state index in [0.29, 0.717) is 0 Å². The molecule has 0 unspecified atom stereocenters. The van der Waals surface area contributed by atoms with Crippen LogP contribution in [0.1, 0.15) is 20.3 Å². The summed E-state index contributed by atoms with van der Waals surface area (Å²) in [5, 5.41) is 0. The van der Waals surface area contributed by atoms with Crippen LogP contribution in [0, 0.1) is 12.8 Å². The van der Waals surface area contributed by atoms with E-state index in [-0.39, 0.29) is 12.4 Å². The molecule has 0 rings (SSSR count). The summed E-state index contributed by atoms with van der Waals surface area (Å²) in [5.74, 6) is 0.773. The van der Waals surface area contributed by atoms with Crippen molar-refractivity contribution >= 4 is 12.4 Å². The van der Waals surface area contributed by atoms with Gasteiger partial charge in [-0.05, 0) is 5.92 Å².